The molecule has 4 rings (SSSR count). The minimum Gasteiger partial charge on any atom is -0.465 e. The number of esters is 1. The van der Waals surface area contributed by atoms with E-state index in [2.05, 4.69) is 4.98 Å². The van der Waals surface area contributed by atoms with Gasteiger partial charge in [-0.15, -0.1) is 0 Å². The van der Waals surface area contributed by atoms with Crippen molar-refractivity contribution in [3.05, 3.63) is 69.1 Å². The Kier molecular flexibility index (Phi) is 5.15. The van der Waals surface area contributed by atoms with Crippen molar-refractivity contribution >= 4 is 34.5 Å². The average Bonchev–Trinajstić information content (AvgIpc) is 3.08. The normalized spacial score (nSPS) is 14.9. The number of rotatable bonds is 3. The number of carbonyl (C=O) groups is 2. The molecule has 1 N–H and O–H groups in total. The van der Waals surface area contributed by atoms with E-state index in [9.17, 15) is 14.4 Å². The Morgan fingerprint density at radius 1 is 1.14 bits per heavy atom. The molecule has 1 saturated heterocycles. The van der Waals surface area contributed by atoms with E-state index < -0.39 is 5.97 Å². The molecule has 1 aliphatic rings. The molecule has 2 heterocycles. The van der Waals surface area contributed by atoms with E-state index in [1.54, 1.807) is 51.9 Å². The quantitative estimate of drug-likeness (QED) is 0.668. The van der Waals surface area contributed by atoms with Crippen LogP contribution in [0.4, 0.5) is 0 Å². The number of aromatic nitrogens is 2. The molecule has 0 unspecified atom stereocenters. The van der Waals surface area contributed by atoms with Crippen LogP contribution in [0.25, 0.3) is 11.0 Å². The lowest BCUT2D eigenvalue weighted by Crippen LogP contribution is -2.40. The monoisotopic (exact) mass is 413 g/mol. The highest BCUT2D eigenvalue weighted by molar-refractivity contribution is 6.33. The van der Waals surface area contributed by atoms with Gasteiger partial charge in [0.15, 0.2) is 0 Å². The number of hydrogen-bond acceptors (Lipinski definition) is 4. The molecule has 0 spiro atoms. The predicted molar refractivity (Wildman–Crippen MR) is 110 cm³/mol. The largest absolute Gasteiger partial charge is 0.465 e. The van der Waals surface area contributed by atoms with E-state index in [4.69, 9.17) is 16.3 Å². The molecule has 0 saturated carbocycles. The fraction of sp³-hybridized carbons (Fsp3) is 0.286. The first kappa shape index (κ1) is 19.3. The average molecular weight is 414 g/mol. The number of nitrogens with zero attached hydrogens (tertiary/aromatic N) is 2. The number of piperidine rings is 1. The Labute approximate surface area is 171 Å². The smallest absolute Gasteiger partial charge is 0.337 e. The van der Waals surface area contributed by atoms with Crippen molar-refractivity contribution in [3.63, 3.8) is 0 Å². The molecular formula is C21H20ClN3O4. The topological polar surface area (TPSA) is 84.4 Å². The fourth-order valence-corrected chi connectivity index (χ4v) is 4.08. The number of fused-ring (bicyclic) bond motifs is 1. The van der Waals surface area contributed by atoms with Crippen molar-refractivity contribution < 1.29 is 14.3 Å². The van der Waals surface area contributed by atoms with Crippen molar-refractivity contribution in [2.75, 3.05) is 20.2 Å². The summed E-state index contributed by atoms with van der Waals surface area (Å²) in [6, 6.07) is 11.9. The highest BCUT2D eigenvalue weighted by atomic mass is 35.5. The first-order valence-electron chi connectivity index (χ1n) is 9.36. The molecule has 29 heavy (non-hydrogen) atoms. The van der Waals surface area contributed by atoms with Crippen molar-refractivity contribution in [1.82, 2.24) is 14.5 Å². The summed E-state index contributed by atoms with van der Waals surface area (Å²) in [4.78, 5) is 41.8. The van der Waals surface area contributed by atoms with Crippen LogP contribution in [0.2, 0.25) is 5.02 Å². The second kappa shape index (κ2) is 7.75. The summed E-state index contributed by atoms with van der Waals surface area (Å²) in [6.07, 6.45) is 1.26. The summed E-state index contributed by atoms with van der Waals surface area (Å²) >= 11 is 6.15. The van der Waals surface area contributed by atoms with Gasteiger partial charge in [-0.05, 0) is 43.2 Å². The predicted octanol–water partition coefficient (Wildman–Crippen LogP) is 3.25. The van der Waals surface area contributed by atoms with Gasteiger partial charge >= 0.3 is 11.7 Å². The zero-order valence-electron chi connectivity index (χ0n) is 15.9. The van der Waals surface area contributed by atoms with Gasteiger partial charge < -0.3 is 14.6 Å². The number of ether oxygens (including phenoxy) is 1. The number of methoxy groups -OCH3 is 1. The van der Waals surface area contributed by atoms with Crippen LogP contribution < -0.4 is 5.69 Å². The van der Waals surface area contributed by atoms with Crippen LogP contribution in [0, 0.1) is 0 Å². The van der Waals surface area contributed by atoms with Gasteiger partial charge in [-0.2, -0.15) is 0 Å². The molecule has 3 aromatic rings. The van der Waals surface area contributed by atoms with Gasteiger partial charge in [0.2, 0.25) is 0 Å². The molecule has 1 aliphatic heterocycles. The second-order valence-electron chi connectivity index (χ2n) is 7.03. The number of benzene rings is 2. The van der Waals surface area contributed by atoms with E-state index in [0.717, 1.165) is 0 Å². The highest BCUT2D eigenvalue weighted by Crippen LogP contribution is 2.27. The number of carbonyl (C=O) groups excluding carboxylic acids is 2. The van der Waals surface area contributed by atoms with Crippen LogP contribution >= 0.6 is 11.6 Å². The van der Waals surface area contributed by atoms with Crippen LogP contribution in [0.1, 0.15) is 39.6 Å². The number of nitrogens with one attached hydrogen (secondary N) is 1. The molecule has 0 aliphatic carbocycles. The molecule has 0 radical (unpaired) electrons. The van der Waals surface area contributed by atoms with Crippen molar-refractivity contribution in [3.8, 4) is 0 Å². The van der Waals surface area contributed by atoms with Gasteiger partial charge in [0.05, 0.1) is 34.3 Å². The number of halogens is 1. The molecule has 0 atom stereocenters. The minimum absolute atomic E-state index is 0.0700. The first-order valence-corrected chi connectivity index (χ1v) is 9.74. The summed E-state index contributed by atoms with van der Waals surface area (Å²) in [6.45, 7) is 1.04. The van der Waals surface area contributed by atoms with Crippen LogP contribution in [0.15, 0.2) is 47.3 Å². The Morgan fingerprint density at radius 3 is 2.55 bits per heavy atom. The van der Waals surface area contributed by atoms with Gasteiger partial charge in [0.25, 0.3) is 5.91 Å². The maximum absolute atomic E-state index is 12.8. The van der Waals surface area contributed by atoms with E-state index >= 15 is 0 Å². The Morgan fingerprint density at radius 2 is 1.86 bits per heavy atom. The van der Waals surface area contributed by atoms with E-state index in [-0.39, 0.29) is 17.6 Å². The molecule has 1 amide bonds. The van der Waals surface area contributed by atoms with Crippen molar-refractivity contribution in [2.45, 2.75) is 18.9 Å². The standard InChI is InChI=1S/C21H20ClN3O4/c1-29-20(27)13-6-7-17-18(12-13)25(21(28)23-17)14-8-10-24(11-9-14)19(26)15-4-2-3-5-16(15)22/h2-7,12,14H,8-11H2,1H3,(H,23,28). The van der Waals surface area contributed by atoms with Gasteiger partial charge in [0, 0.05) is 19.1 Å². The summed E-state index contributed by atoms with van der Waals surface area (Å²) in [5.74, 6) is -0.555. The van der Waals surface area contributed by atoms with Gasteiger partial charge in [-0.1, -0.05) is 23.7 Å². The number of hydrogen-bond donors (Lipinski definition) is 1. The molecule has 8 heteroatoms. The fourth-order valence-electron chi connectivity index (χ4n) is 3.86. The maximum atomic E-state index is 12.8. The highest BCUT2D eigenvalue weighted by Gasteiger charge is 2.27. The first-order chi connectivity index (χ1) is 14.0. The van der Waals surface area contributed by atoms with Crippen molar-refractivity contribution in [1.29, 1.82) is 0 Å². The number of H-pyrrole nitrogens is 1. The summed E-state index contributed by atoms with van der Waals surface area (Å²) in [5.41, 5.74) is 1.97. The third-order valence-electron chi connectivity index (χ3n) is 5.36. The van der Waals surface area contributed by atoms with Crippen LogP contribution in [-0.2, 0) is 4.74 Å². The molecule has 150 valence electrons. The molecular weight excluding hydrogens is 394 g/mol. The van der Waals surface area contributed by atoms with Crippen LogP contribution in [0.5, 0.6) is 0 Å². The summed E-state index contributed by atoms with van der Waals surface area (Å²) < 4.78 is 6.46. The number of likely N-dealkylation sites (tertiary alicyclic amines) is 1. The minimum atomic E-state index is -0.452. The lowest BCUT2D eigenvalue weighted by atomic mass is 10.0. The number of imidazole rings is 1. The Balaban J connectivity index is 1.57. The van der Waals surface area contributed by atoms with Gasteiger partial charge in [-0.25, -0.2) is 9.59 Å². The van der Waals surface area contributed by atoms with Crippen LogP contribution in [-0.4, -0.2) is 46.5 Å². The van der Waals surface area contributed by atoms with Crippen LogP contribution in [0.3, 0.4) is 0 Å². The third kappa shape index (κ3) is 3.53. The zero-order chi connectivity index (χ0) is 20.5. The van der Waals surface area contributed by atoms with E-state index in [1.165, 1.54) is 7.11 Å². The Bertz CT molecular complexity index is 1140. The van der Waals surface area contributed by atoms with Gasteiger partial charge in [0.1, 0.15) is 0 Å². The SMILES string of the molecule is COC(=O)c1ccc2[nH]c(=O)n(C3CCN(C(=O)c4ccccc4Cl)CC3)c2c1. The molecule has 2 aromatic carbocycles. The lowest BCUT2D eigenvalue weighted by Gasteiger charge is -2.32. The third-order valence-corrected chi connectivity index (χ3v) is 5.69. The van der Waals surface area contributed by atoms with Gasteiger partial charge in [-0.3, -0.25) is 9.36 Å². The summed E-state index contributed by atoms with van der Waals surface area (Å²) in [5, 5.41) is 0.433. The van der Waals surface area contributed by atoms with E-state index in [0.29, 0.717) is 53.1 Å². The van der Waals surface area contributed by atoms with E-state index in [1.807, 2.05) is 0 Å². The molecule has 1 aromatic heterocycles. The molecule has 7 nitrogen and oxygen atoms in total. The zero-order valence-corrected chi connectivity index (χ0v) is 16.6. The summed E-state index contributed by atoms with van der Waals surface area (Å²) in [7, 11) is 1.32. The molecule has 0 bridgehead atoms. The van der Waals surface area contributed by atoms with Crippen molar-refractivity contribution in [2.24, 2.45) is 0 Å². The Hall–Kier alpha value is -3.06. The number of aromatic amines is 1. The molecule has 1 fully saturated rings. The number of amides is 1. The lowest BCUT2D eigenvalue weighted by molar-refractivity contribution is 0.0600. The maximum Gasteiger partial charge on any atom is 0.337 e. The second-order valence-corrected chi connectivity index (χ2v) is 7.43.